The largest absolute Gasteiger partial charge is 0.497 e. The Morgan fingerprint density at radius 2 is 1.63 bits per heavy atom. The van der Waals surface area contributed by atoms with E-state index in [1.54, 1.807) is 21.3 Å². The van der Waals surface area contributed by atoms with E-state index in [9.17, 15) is 0 Å². The third-order valence-corrected chi connectivity index (χ3v) is 5.54. The summed E-state index contributed by atoms with van der Waals surface area (Å²) in [5.74, 6) is 3.85. The number of methoxy groups -OCH3 is 3. The SMILES string of the molecule is COc1ccc(CN(Cc2cc3c(cc2OC)OCO3)C[C@H]2CCCO2)c(OC)c1. The predicted molar refractivity (Wildman–Crippen MR) is 112 cm³/mol. The first kappa shape index (κ1) is 20.6. The van der Waals surface area contributed by atoms with Crippen LogP contribution in [0.3, 0.4) is 0 Å². The van der Waals surface area contributed by atoms with Crippen LogP contribution in [0.25, 0.3) is 0 Å². The second kappa shape index (κ2) is 9.45. The maximum Gasteiger partial charge on any atom is 0.231 e. The lowest BCUT2D eigenvalue weighted by Crippen LogP contribution is -2.31. The van der Waals surface area contributed by atoms with Crippen LogP contribution in [-0.4, -0.2) is 52.3 Å². The average Bonchev–Trinajstić information content (AvgIpc) is 3.44. The van der Waals surface area contributed by atoms with Gasteiger partial charge in [-0.3, -0.25) is 4.90 Å². The second-order valence-electron chi connectivity index (χ2n) is 7.50. The molecule has 1 saturated heterocycles. The summed E-state index contributed by atoms with van der Waals surface area (Å²) in [6.45, 7) is 3.30. The first-order valence-electron chi connectivity index (χ1n) is 10.2. The van der Waals surface area contributed by atoms with Crippen molar-refractivity contribution in [2.75, 3.05) is 41.3 Å². The third kappa shape index (κ3) is 4.57. The van der Waals surface area contributed by atoms with E-state index in [0.717, 1.165) is 65.9 Å². The molecule has 0 amide bonds. The van der Waals surface area contributed by atoms with E-state index >= 15 is 0 Å². The van der Waals surface area contributed by atoms with Gasteiger partial charge in [-0.15, -0.1) is 0 Å². The molecule has 1 fully saturated rings. The first-order chi connectivity index (χ1) is 14.7. The monoisotopic (exact) mass is 415 g/mol. The Labute approximate surface area is 177 Å². The van der Waals surface area contributed by atoms with Crippen LogP contribution in [0.4, 0.5) is 0 Å². The molecule has 0 unspecified atom stereocenters. The van der Waals surface area contributed by atoms with E-state index in [-0.39, 0.29) is 12.9 Å². The molecule has 7 heteroatoms. The lowest BCUT2D eigenvalue weighted by Gasteiger charge is -2.27. The molecule has 2 aromatic carbocycles. The van der Waals surface area contributed by atoms with Crippen molar-refractivity contribution >= 4 is 0 Å². The van der Waals surface area contributed by atoms with E-state index in [2.05, 4.69) is 11.0 Å². The smallest absolute Gasteiger partial charge is 0.231 e. The van der Waals surface area contributed by atoms with E-state index in [0.29, 0.717) is 13.1 Å². The summed E-state index contributed by atoms with van der Waals surface area (Å²) >= 11 is 0. The summed E-state index contributed by atoms with van der Waals surface area (Å²) in [4.78, 5) is 2.36. The highest BCUT2D eigenvalue weighted by atomic mass is 16.7. The van der Waals surface area contributed by atoms with Crippen molar-refractivity contribution in [3.8, 4) is 28.7 Å². The van der Waals surface area contributed by atoms with Gasteiger partial charge in [0.15, 0.2) is 11.5 Å². The van der Waals surface area contributed by atoms with E-state index in [4.69, 9.17) is 28.4 Å². The van der Waals surface area contributed by atoms with Gasteiger partial charge in [-0.1, -0.05) is 6.07 Å². The summed E-state index contributed by atoms with van der Waals surface area (Å²) in [5, 5.41) is 0. The average molecular weight is 415 g/mol. The summed E-state index contributed by atoms with van der Waals surface area (Å²) < 4.78 is 33.6. The van der Waals surface area contributed by atoms with Crippen molar-refractivity contribution in [2.45, 2.75) is 32.0 Å². The van der Waals surface area contributed by atoms with Crippen molar-refractivity contribution in [1.82, 2.24) is 4.90 Å². The Morgan fingerprint density at radius 3 is 2.33 bits per heavy atom. The molecule has 0 N–H and O–H groups in total. The zero-order chi connectivity index (χ0) is 20.9. The Kier molecular flexibility index (Phi) is 6.50. The highest BCUT2D eigenvalue weighted by Crippen LogP contribution is 2.39. The molecule has 0 aliphatic carbocycles. The van der Waals surface area contributed by atoms with Crippen LogP contribution >= 0.6 is 0 Å². The minimum Gasteiger partial charge on any atom is -0.497 e. The lowest BCUT2D eigenvalue weighted by atomic mass is 10.1. The Bertz CT molecular complexity index is 865. The number of hydrogen-bond acceptors (Lipinski definition) is 7. The zero-order valence-corrected chi connectivity index (χ0v) is 17.8. The quantitative estimate of drug-likeness (QED) is 0.620. The maximum absolute atomic E-state index is 5.91. The maximum atomic E-state index is 5.91. The van der Waals surface area contributed by atoms with Gasteiger partial charge in [0.2, 0.25) is 6.79 Å². The second-order valence-corrected chi connectivity index (χ2v) is 7.50. The van der Waals surface area contributed by atoms with Gasteiger partial charge in [0.05, 0.1) is 27.4 Å². The van der Waals surface area contributed by atoms with Gasteiger partial charge < -0.3 is 28.4 Å². The van der Waals surface area contributed by atoms with Gasteiger partial charge in [-0.2, -0.15) is 0 Å². The van der Waals surface area contributed by atoms with Crippen LogP contribution in [0.2, 0.25) is 0 Å². The van der Waals surface area contributed by atoms with Gasteiger partial charge in [0.1, 0.15) is 17.2 Å². The van der Waals surface area contributed by atoms with E-state index < -0.39 is 0 Å². The van der Waals surface area contributed by atoms with E-state index in [1.165, 1.54) is 0 Å². The van der Waals surface area contributed by atoms with Gasteiger partial charge in [0.25, 0.3) is 0 Å². The minimum atomic E-state index is 0.231. The van der Waals surface area contributed by atoms with Crippen LogP contribution in [-0.2, 0) is 17.8 Å². The zero-order valence-electron chi connectivity index (χ0n) is 17.8. The Hall–Kier alpha value is -2.64. The Balaban J connectivity index is 1.59. The molecule has 0 saturated carbocycles. The molecule has 0 aromatic heterocycles. The standard InChI is InChI=1S/C23H29NO6/c1-25-18-7-6-16(20(10-18)26-2)12-24(14-19-5-4-8-28-19)13-17-9-22-23(30-15-29-22)11-21(17)27-3/h6-7,9-11,19H,4-5,8,12-15H2,1-3H3/t19-/m1/s1. The number of hydrogen-bond donors (Lipinski definition) is 0. The fourth-order valence-corrected chi connectivity index (χ4v) is 4.00. The molecule has 0 spiro atoms. The summed E-state index contributed by atoms with van der Waals surface area (Å²) in [7, 11) is 5.02. The van der Waals surface area contributed by atoms with Crippen molar-refractivity contribution in [3.05, 3.63) is 41.5 Å². The molecule has 2 aliphatic rings. The van der Waals surface area contributed by atoms with Crippen molar-refractivity contribution < 1.29 is 28.4 Å². The minimum absolute atomic E-state index is 0.231. The molecule has 0 radical (unpaired) electrons. The number of nitrogens with zero attached hydrogens (tertiary/aromatic N) is 1. The van der Waals surface area contributed by atoms with Crippen LogP contribution in [0.1, 0.15) is 24.0 Å². The molecular formula is C23H29NO6. The number of benzene rings is 2. The van der Waals surface area contributed by atoms with Crippen LogP contribution in [0.5, 0.6) is 28.7 Å². The summed E-state index contributed by atoms with van der Waals surface area (Å²) in [6.07, 6.45) is 2.42. The summed E-state index contributed by atoms with van der Waals surface area (Å²) in [5.41, 5.74) is 2.14. The highest BCUT2D eigenvalue weighted by Gasteiger charge is 2.24. The molecule has 0 bridgehead atoms. The third-order valence-electron chi connectivity index (χ3n) is 5.54. The molecule has 2 aliphatic heterocycles. The normalized spacial score (nSPS) is 17.4. The molecule has 7 nitrogen and oxygen atoms in total. The molecule has 30 heavy (non-hydrogen) atoms. The number of ether oxygens (including phenoxy) is 6. The fourth-order valence-electron chi connectivity index (χ4n) is 4.00. The van der Waals surface area contributed by atoms with Gasteiger partial charge in [0, 0.05) is 49.5 Å². The van der Waals surface area contributed by atoms with E-state index in [1.807, 2.05) is 24.3 Å². The molecule has 4 rings (SSSR count). The lowest BCUT2D eigenvalue weighted by molar-refractivity contribution is 0.0673. The Morgan fingerprint density at radius 1 is 0.900 bits per heavy atom. The molecule has 162 valence electrons. The van der Waals surface area contributed by atoms with Crippen molar-refractivity contribution in [1.29, 1.82) is 0 Å². The molecular weight excluding hydrogens is 386 g/mol. The fraction of sp³-hybridized carbons (Fsp3) is 0.478. The van der Waals surface area contributed by atoms with Gasteiger partial charge in [-0.25, -0.2) is 0 Å². The molecule has 2 aromatic rings. The number of rotatable bonds is 9. The van der Waals surface area contributed by atoms with Crippen LogP contribution in [0, 0.1) is 0 Å². The van der Waals surface area contributed by atoms with Gasteiger partial charge in [-0.05, 0) is 25.0 Å². The first-order valence-corrected chi connectivity index (χ1v) is 10.2. The van der Waals surface area contributed by atoms with Crippen LogP contribution < -0.4 is 23.7 Å². The number of fused-ring (bicyclic) bond motifs is 1. The van der Waals surface area contributed by atoms with Crippen molar-refractivity contribution in [2.24, 2.45) is 0 Å². The molecule has 2 heterocycles. The molecule has 1 atom stereocenters. The van der Waals surface area contributed by atoms with Crippen molar-refractivity contribution in [3.63, 3.8) is 0 Å². The predicted octanol–water partition coefficient (Wildman–Crippen LogP) is 3.62. The topological polar surface area (TPSA) is 58.6 Å². The van der Waals surface area contributed by atoms with Crippen LogP contribution in [0.15, 0.2) is 30.3 Å². The van der Waals surface area contributed by atoms with Gasteiger partial charge >= 0.3 is 0 Å². The summed E-state index contributed by atoms with van der Waals surface area (Å²) in [6, 6.07) is 9.84. The highest BCUT2D eigenvalue weighted by molar-refractivity contribution is 5.52.